The van der Waals surface area contributed by atoms with Gasteiger partial charge in [-0.1, -0.05) is 0 Å². The largest absolute Gasteiger partial charge is 0.493 e. The third kappa shape index (κ3) is 4.76. The predicted octanol–water partition coefficient (Wildman–Crippen LogP) is 1.13. The van der Waals surface area contributed by atoms with Crippen molar-refractivity contribution in [3.63, 3.8) is 0 Å². The summed E-state index contributed by atoms with van der Waals surface area (Å²) in [5, 5.41) is 0. The number of benzene rings is 1. The molecule has 2 N–H and O–H groups in total. The van der Waals surface area contributed by atoms with Crippen LogP contribution in [0.3, 0.4) is 0 Å². The molecule has 6 nitrogen and oxygen atoms in total. The lowest BCUT2D eigenvalue weighted by Crippen LogP contribution is -2.10. The average Bonchev–Trinajstić information content (AvgIpc) is 2.43. The Morgan fingerprint density at radius 3 is 2.47 bits per heavy atom. The fraction of sp³-hybridized carbons (Fsp3) is 0.462. The maximum absolute atomic E-state index is 10.8. The van der Waals surface area contributed by atoms with Gasteiger partial charge in [0, 0.05) is 24.4 Å². The Kier molecular flexibility index (Phi) is 6.70. The molecule has 1 aromatic rings. The van der Waals surface area contributed by atoms with Gasteiger partial charge in [-0.2, -0.15) is 0 Å². The fourth-order valence-electron chi connectivity index (χ4n) is 1.42. The number of carbonyl (C=O) groups is 1. The Morgan fingerprint density at radius 2 is 1.84 bits per heavy atom. The number of carbonyl (C=O) groups excluding carboxylic acids is 1. The highest BCUT2D eigenvalue weighted by molar-refractivity contribution is 5.85. The van der Waals surface area contributed by atoms with Gasteiger partial charge in [0.1, 0.15) is 6.61 Å². The monoisotopic (exact) mass is 269 g/mol. The highest BCUT2D eigenvalue weighted by Crippen LogP contribution is 2.31. The number of aldehydes is 1. The first-order chi connectivity index (χ1) is 9.22. The number of hydrogen-bond acceptors (Lipinski definition) is 6. The zero-order valence-electron chi connectivity index (χ0n) is 11.2. The van der Waals surface area contributed by atoms with Gasteiger partial charge in [0.25, 0.3) is 0 Å². The van der Waals surface area contributed by atoms with Crippen molar-refractivity contribution in [2.75, 3.05) is 46.4 Å². The summed E-state index contributed by atoms with van der Waals surface area (Å²) in [6.45, 7) is 1.83. The summed E-state index contributed by atoms with van der Waals surface area (Å²) in [4.78, 5) is 10.8. The topological polar surface area (TPSA) is 80.0 Å². The number of nitrogen functional groups attached to an aromatic ring is 1. The first kappa shape index (κ1) is 15.3. The Balaban J connectivity index is 2.54. The summed E-state index contributed by atoms with van der Waals surface area (Å²) in [6.07, 6.45) is 0.677. The standard InChI is InChI=1S/C13H19NO5/c1-16-3-4-18-5-6-19-13-7-10(9-15)11(14)8-12(13)17-2/h7-9H,3-6,14H2,1-2H3. The molecule has 0 heterocycles. The third-order valence-electron chi connectivity index (χ3n) is 2.41. The van der Waals surface area contributed by atoms with Gasteiger partial charge in [-0.25, -0.2) is 0 Å². The van der Waals surface area contributed by atoms with Gasteiger partial charge >= 0.3 is 0 Å². The van der Waals surface area contributed by atoms with Crippen molar-refractivity contribution in [3.05, 3.63) is 17.7 Å². The zero-order valence-corrected chi connectivity index (χ0v) is 11.2. The van der Waals surface area contributed by atoms with Crippen molar-refractivity contribution >= 4 is 12.0 Å². The molecule has 1 aromatic carbocycles. The summed E-state index contributed by atoms with van der Waals surface area (Å²) in [5.41, 5.74) is 6.41. The molecule has 0 unspecified atom stereocenters. The van der Waals surface area contributed by atoms with Crippen LogP contribution in [-0.4, -0.2) is 46.9 Å². The van der Waals surface area contributed by atoms with Crippen LogP contribution >= 0.6 is 0 Å². The molecule has 0 fully saturated rings. The molecule has 0 spiro atoms. The van der Waals surface area contributed by atoms with E-state index in [0.717, 1.165) is 0 Å². The number of anilines is 1. The molecule has 0 aliphatic heterocycles. The van der Waals surface area contributed by atoms with Gasteiger partial charge in [0.2, 0.25) is 0 Å². The summed E-state index contributed by atoms with van der Waals surface area (Å²) >= 11 is 0. The quantitative estimate of drug-likeness (QED) is 0.411. The summed E-state index contributed by atoms with van der Waals surface area (Å²) in [6, 6.07) is 3.11. The summed E-state index contributed by atoms with van der Waals surface area (Å²) in [7, 11) is 3.12. The van der Waals surface area contributed by atoms with Crippen molar-refractivity contribution in [3.8, 4) is 11.5 Å². The summed E-state index contributed by atoms with van der Waals surface area (Å²) in [5.74, 6) is 0.953. The minimum atomic E-state index is 0.349. The first-order valence-corrected chi connectivity index (χ1v) is 5.85. The Labute approximate surface area is 112 Å². The molecule has 106 valence electrons. The van der Waals surface area contributed by atoms with E-state index in [1.54, 1.807) is 19.2 Å². The molecule has 0 atom stereocenters. The van der Waals surface area contributed by atoms with E-state index in [0.29, 0.717) is 55.5 Å². The molecular weight excluding hydrogens is 250 g/mol. The Morgan fingerprint density at radius 1 is 1.11 bits per heavy atom. The lowest BCUT2D eigenvalue weighted by atomic mass is 10.2. The second-order valence-corrected chi connectivity index (χ2v) is 3.70. The molecular formula is C13H19NO5. The van der Waals surface area contributed by atoms with E-state index in [-0.39, 0.29) is 0 Å². The third-order valence-corrected chi connectivity index (χ3v) is 2.41. The van der Waals surface area contributed by atoms with E-state index in [9.17, 15) is 4.79 Å². The molecule has 0 amide bonds. The molecule has 0 aromatic heterocycles. The highest BCUT2D eigenvalue weighted by atomic mass is 16.5. The smallest absolute Gasteiger partial charge is 0.162 e. The van der Waals surface area contributed by atoms with Crippen molar-refractivity contribution < 1.29 is 23.7 Å². The predicted molar refractivity (Wildman–Crippen MR) is 71.0 cm³/mol. The van der Waals surface area contributed by atoms with Crippen LogP contribution in [0.2, 0.25) is 0 Å². The number of methoxy groups -OCH3 is 2. The second kappa shape index (κ2) is 8.34. The van der Waals surface area contributed by atoms with E-state index in [4.69, 9.17) is 24.7 Å². The van der Waals surface area contributed by atoms with E-state index in [1.165, 1.54) is 7.11 Å². The first-order valence-electron chi connectivity index (χ1n) is 5.85. The van der Waals surface area contributed by atoms with Crippen LogP contribution in [0.4, 0.5) is 5.69 Å². The Bertz CT molecular complexity index is 408. The lowest BCUT2D eigenvalue weighted by Gasteiger charge is -2.12. The van der Waals surface area contributed by atoms with Crippen LogP contribution in [0.5, 0.6) is 11.5 Å². The SMILES string of the molecule is COCCOCCOc1cc(C=O)c(N)cc1OC. The zero-order chi connectivity index (χ0) is 14.1. The van der Waals surface area contributed by atoms with E-state index < -0.39 is 0 Å². The lowest BCUT2D eigenvalue weighted by molar-refractivity contribution is 0.0540. The van der Waals surface area contributed by atoms with Gasteiger partial charge in [-0.3, -0.25) is 4.79 Å². The van der Waals surface area contributed by atoms with E-state index in [1.807, 2.05) is 0 Å². The van der Waals surface area contributed by atoms with Crippen LogP contribution in [0.25, 0.3) is 0 Å². The van der Waals surface area contributed by atoms with Crippen LogP contribution in [0, 0.1) is 0 Å². The normalized spacial score (nSPS) is 10.2. The maximum atomic E-state index is 10.8. The van der Waals surface area contributed by atoms with Gasteiger partial charge in [0.05, 0.1) is 26.9 Å². The van der Waals surface area contributed by atoms with Gasteiger partial charge in [0.15, 0.2) is 17.8 Å². The van der Waals surface area contributed by atoms with Gasteiger partial charge < -0.3 is 24.7 Å². The molecule has 0 aliphatic carbocycles. The van der Waals surface area contributed by atoms with Crippen molar-refractivity contribution in [1.29, 1.82) is 0 Å². The average molecular weight is 269 g/mol. The minimum Gasteiger partial charge on any atom is -0.493 e. The molecule has 0 saturated carbocycles. The van der Waals surface area contributed by atoms with Gasteiger partial charge in [-0.15, -0.1) is 0 Å². The van der Waals surface area contributed by atoms with Gasteiger partial charge in [-0.05, 0) is 6.07 Å². The molecule has 0 aliphatic rings. The van der Waals surface area contributed by atoms with Crippen LogP contribution in [0.1, 0.15) is 10.4 Å². The minimum absolute atomic E-state index is 0.349. The van der Waals surface area contributed by atoms with Crippen molar-refractivity contribution in [1.82, 2.24) is 0 Å². The molecule has 0 bridgehead atoms. The van der Waals surface area contributed by atoms with Crippen molar-refractivity contribution in [2.45, 2.75) is 0 Å². The van der Waals surface area contributed by atoms with Crippen molar-refractivity contribution in [2.24, 2.45) is 0 Å². The molecule has 0 saturated heterocycles. The molecule has 1 rings (SSSR count). The highest BCUT2D eigenvalue weighted by Gasteiger charge is 2.09. The van der Waals surface area contributed by atoms with Crippen LogP contribution < -0.4 is 15.2 Å². The van der Waals surface area contributed by atoms with Crippen LogP contribution in [-0.2, 0) is 9.47 Å². The fourth-order valence-corrected chi connectivity index (χ4v) is 1.42. The molecule has 0 radical (unpaired) electrons. The number of ether oxygens (including phenoxy) is 4. The van der Waals surface area contributed by atoms with E-state index in [2.05, 4.69) is 0 Å². The second-order valence-electron chi connectivity index (χ2n) is 3.70. The van der Waals surface area contributed by atoms with E-state index >= 15 is 0 Å². The molecule has 19 heavy (non-hydrogen) atoms. The van der Waals surface area contributed by atoms with Crippen LogP contribution in [0.15, 0.2) is 12.1 Å². The summed E-state index contributed by atoms with van der Waals surface area (Å²) < 4.78 is 20.8. The number of rotatable bonds is 9. The maximum Gasteiger partial charge on any atom is 0.162 e. The molecule has 6 heteroatoms. The number of nitrogens with two attached hydrogens (primary N) is 1. The Hall–Kier alpha value is -1.79. The number of hydrogen-bond donors (Lipinski definition) is 1.